The molecule has 236 valence electrons. The number of carbonyl (C=O) groups excluding carboxylic acids is 1. The second-order valence-electron chi connectivity index (χ2n) is 12.6. The largest absolute Gasteiger partial charge is 0.455 e. The van der Waals surface area contributed by atoms with Crippen LogP contribution in [0.4, 0.5) is 16.2 Å². The Hall–Kier alpha value is -3.90. The Bertz CT molecular complexity index is 1610. The van der Waals surface area contributed by atoms with Crippen molar-refractivity contribution in [3.63, 3.8) is 0 Å². The lowest BCUT2D eigenvalue weighted by Crippen LogP contribution is -2.26. The predicted molar refractivity (Wildman–Crippen MR) is 167 cm³/mol. The van der Waals surface area contributed by atoms with Crippen molar-refractivity contribution < 1.29 is 18.7 Å². The van der Waals surface area contributed by atoms with Gasteiger partial charge >= 0.3 is 0 Å². The van der Waals surface area contributed by atoms with Crippen molar-refractivity contribution in [2.75, 3.05) is 45.3 Å². The third-order valence-corrected chi connectivity index (χ3v) is 8.07. The lowest BCUT2D eigenvalue weighted by Gasteiger charge is -2.22. The number of ketones is 1. The standard InChI is InChI=1S/C32H43FN8O3/c1-21-26(44-25-7-11-34-23(16-25)15-24(42)9-14-43-6)18-35-30-29(21)39(5)31(37-30)36-28-17-27(32(2,3)4)41(38-28)20-22-8-12-40(19-22)13-10-33/h7,11,16-18,22H,8-10,12-15,19-20H2,1-6H3,(H,35,36,37,38)/t22-/m0/s1. The number of rotatable bonds is 13. The number of hydrogen-bond acceptors (Lipinski definition) is 9. The second kappa shape index (κ2) is 13.4. The molecule has 5 rings (SSSR count). The van der Waals surface area contributed by atoms with Crippen LogP contribution in [0.2, 0.25) is 0 Å². The van der Waals surface area contributed by atoms with Crippen LogP contribution < -0.4 is 10.1 Å². The maximum Gasteiger partial charge on any atom is 0.210 e. The highest BCUT2D eigenvalue weighted by Gasteiger charge is 2.27. The first-order valence-corrected chi connectivity index (χ1v) is 15.1. The van der Waals surface area contributed by atoms with Gasteiger partial charge in [0.25, 0.3) is 0 Å². The third kappa shape index (κ3) is 7.24. The van der Waals surface area contributed by atoms with Crippen LogP contribution in [0.5, 0.6) is 11.5 Å². The molecule has 4 aromatic heterocycles. The number of Topliss-reactive ketones (excluding diaryl/α,β-unsaturated/α-hetero) is 1. The van der Waals surface area contributed by atoms with E-state index in [4.69, 9.17) is 19.6 Å². The Kier molecular flexibility index (Phi) is 9.59. The van der Waals surface area contributed by atoms with Crippen molar-refractivity contribution in [1.29, 1.82) is 0 Å². The Morgan fingerprint density at radius 1 is 1.23 bits per heavy atom. The molecular formula is C32H43FN8O3. The summed E-state index contributed by atoms with van der Waals surface area (Å²) in [7, 11) is 3.51. The fourth-order valence-corrected chi connectivity index (χ4v) is 5.76. The van der Waals surface area contributed by atoms with Gasteiger partial charge in [0.05, 0.1) is 24.0 Å². The number of imidazole rings is 1. The smallest absolute Gasteiger partial charge is 0.210 e. The molecule has 0 aromatic carbocycles. The van der Waals surface area contributed by atoms with Crippen molar-refractivity contribution in [1.82, 2.24) is 34.2 Å². The molecule has 1 saturated heterocycles. The number of likely N-dealkylation sites (tertiary alicyclic amines) is 1. The number of methoxy groups -OCH3 is 1. The maximum atomic E-state index is 12.9. The summed E-state index contributed by atoms with van der Waals surface area (Å²) >= 11 is 0. The first-order chi connectivity index (χ1) is 21.0. The SMILES string of the molecule is COCCC(=O)Cc1cc(Oc2cnc3nc(Nc4cc(C(C)(C)C)n(C[C@H]5CCN(CCF)C5)n4)n(C)c3c2C)ccn1. The molecule has 0 amide bonds. The number of aryl methyl sites for hydroxylation is 2. The van der Waals surface area contributed by atoms with Crippen LogP contribution in [0, 0.1) is 12.8 Å². The van der Waals surface area contributed by atoms with E-state index in [1.807, 2.05) is 18.5 Å². The number of anilines is 2. The highest BCUT2D eigenvalue weighted by molar-refractivity contribution is 5.81. The molecule has 12 heteroatoms. The molecule has 1 atom stereocenters. The van der Waals surface area contributed by atoms with Crippen LogP contribution in [0.25, 0.3) is 11.2 Å². The lowest BCUT2D eigenvalue weighted by molar-refractivity contribution is -0.119. The van der Waals surface area contributed by atoms with Gasteiger partial charge in [0.1, 0.15) is 18.2 Å². The number of fused-ring (bicyclic) bond motifs is 1. The summed E-state index contributed by atoms with van der Waals surface area (Å²) in [6, 6.07) is 5.62. The van der Waals surface area contributed by atoms with Crippen LogP contribution in [-0.4, -0.2) is 80.0 Å². The van der Waals surface area contributed by atoms with Crippen molar-refractivity contribution in [2.45, 2.75) is 58.9 Å². The van der Waals surface area contributed by atoms with Crippen LogP contribution in [0.3, 0.4) is 0 Å². The van der Waals surface area contributed by atoms with Crippen molar-refractivity contribution in [3.8, 4) is 11.5 Å². The van der Waals surface area contributed by atoms with Gasteiger partial charge in [-0.25, -0.2) is 9.37 Å². The third-order valence-electron chi connectivity index (χ3n) is 8.07. The molecule has 1 aliphatic rings. The van der Waals surface area contributed by atoms with Crippen molar-refractivity contribution in [2.24, 2.45) is 13.0 Å². The number of carbonyl (C=O) groups is 1. The van der Waals surface area contributed by atoms with Gasteiger partial charge < -0.3 is 24.3 Å². The second-order valence-corrected chi connectivity index (χ2v) is 12.6. The fourth-order valence-electron chi connectivity index (χ4n) is 5.76. The molecule has 0 radical (unpaired) electrons. The number of halogens is 1. The van der Waals surface area contributed by atoms with Gasteiger partial charge in [0.15, 0.2) is 17.2 Å². The minimum Gasteiger partial charge on any atom is -0.455 e. The minimum absolute atomic E-state index is 0.0592. The lowest BCUT2D eigenvalue weighted by atomic mass is 9.92. The molecule has 0 unspecified atom stereocenters. The van der Waals surface area contributed by atoms with Gasteiger partial charge in [-0.15, -0.1) is 0 Å². The highest BCUT2D eigenvalue weighted by atomic mass is 19.1. The molecule has 11 nitrogen and oxygen atoms in total. The quantitative estimate of drug-likeness (QED) is 0.221. The average molecular weight is 607 g/mol. The maximum absolute atomic E-state index is 12.9. The molecule has 0 aliphatic carbocycles. The Balaban J connectivity index is 1.34. The Labute approximate surface area is 257 Å². The number of nitrogens with one attached hydrogen (secondary N) is 1. The van der Waals surface area contributed by atoms with Crippen LogP contribution >= 0.6 is 0 Å². The van der Waals surface area contributed by atoms with E-state index >= 15 is 0 Å². The monoisotopic (exact) mass is 606 g/mol. The first-order valence-electron chi connectivity index (χ1n) is 15.1. The number of ether oxygens (including phenoxy) is 2. The van der Waals surface area contributed by atoms with Gasteiger partial charge in [-0.1, -0.05) is 20.8 Å². The van der Waals surface area contributed by atoms with Crippen LogP contribution in [-0.2, 0) is 35.0 Å². The number of nitrogens with zero attached hydrogens (tertiary/aromatic N) is 7. The number of pyridine rings is 2. The molecule has 0 bridgehead atoms. The molecule has 44 heavy (non-hydrogen) atoms. The molecule has 1 fully saturated rings. The van der Waals surface area contributed by atoms with Gasteiger partial charge in [0.2, 0.25) is 5.95 Å². The summed E-state index contributed by atoms with van der Waals surface area (Å²) in [5, 5.41) is 8.35. The summed E-state index contributed by atoms with van der Waals surface area (Å²) in [6.45, 7) is 11.7. The Morgan fingerprint density at radius 2 is 2.05 bits per heavy atom. The number of aromatic nitrogens is 6. The highest BCUT2D eigenvalue weighted by Crippen LogP contribution is 2.33. The zero-order valence-electron chi connectivity index (χ0n) is 26.6. The average Bonchev–Trinajstić information content (AvgIpc) is 3.67. The molecule has 0 saturated carbocycles. The molecular weight excluding hydrogens is 563 g/mol. The summed E-state index contributed by atoms with van der Waals surface area (Å²) in [5.41, 5.74) is 3.97. The van der Waals surface area contributed by atoms with E-state index in [-0.39, 0.29) is 24.3 Å². The van der Waals surface area contributed by atoms with Gasteiger partial charge in [-0.05, 0) is 31.9 Å². The molecule has 1 aliphatic heterocycles. The van der Waals surface area contributed by atoms with Crippen molar-refractivity contribution >= 4 is 28.7 Å². The van der Waals surface area contributed by atoms with Crippen LogP contribution in [0.1, 0.15) is 50.6 Å². The van der Waals surface area contributed by atoms with Gasteiger partial charge in [0, 0.05) is 81.6 Å². The number of hydrogen-bond donors (Lipinski definition) is 1. The molecule has 1 N–H and O–H groups in total. The normalized spacial score (nSPS) is 15.8. The first kappa shape index (κ1) is 31.5. The summed E-state index contributed by atoms with van der Waals surface area (Å²) in [4.78, 5) is 28.0. The summed E-state index contributed by atoms with van der Waals surface area (Å²) in [6.07, 6.45) is 4.91. The molecule has 4 aromatic rings. The van der Waals surface area contributed by atoms with E-state index in [0.717, 1.165) is 42.8 Å². The predicted octanol–water partition coefficient (Wildman–Crippen LogP) is 5.14. The summed E-state index contributed by atoms with van der Waals surface area (Å²) in [5.74, 6) is 2.99. The fraction of sp³-hybridized carbons (Fsp3) is 0.531. The van der Waals surface area contributed by atoms with Gasteiger partial charge in [-0.2, -0.15) is 10.1 Å². The Morgan fingerprint density at radius 3 is 2.80 bits per heavy atom. The van der Waals surface area contributed by atoms with E-state index in [9.17, 15) is 9.18 Å². The van der Waals surface area contributed by atoms with Crippen LogP contribution in [0.15, 0.2) is 30.6 Å². The minimum atomic E-state index is -0.307. The van der Waals surface area contributed by atoms with Gasteiger partial charge in [-0.3, -0.25) is 14.5 Å². The molecule has 5 heterocycles. The molecule has 0 spiro atoms. The number of alkyl halides is 1. The van der Waals surface area contributed by atoms with E-state index in [1.165, 1.54) is 0 Å². The summed E-state index contributed by atoms with van der Waals surface area (Å²) < 4.78 is 28.1. The van der Waals surface area contributed by atoms with E-state index in [1.54, 1.807) is 31.6 Å². The van der Waals surface area contributed by atoms with Crippen molar-refractivity contribution in [3.05, 3.63) is 47.5 Å². The zero-order valence-corrected chi connectivity index (χ0v) is 26.6. The topological polar surface area (TPSA) is 112 Å². The zero-order chi connectivity index (χ0) is 31.4. The van der Waals surface area contributed by atoms with E-state index in [0.29, 0.717) is 60.1 Å². The van der Waals surface area contributed by atoms with E-state index < -0.39 is 0 Å². The van der Waals surface area contributed by atoms with E-state index in [2.05, 4.69) is 51.7 Å².